The van der Waals surface area contributed by atoms with E-state index < -0.39 is 0 Å². The first-order valence-corrected chi connectivity index (χ1v) is 10.3. The molecule has 4 nitrogen and oxygen atoms in total. The fourth-order valence-electron chi connectivity index (χ4n) is 2.18. The Morgan fingerprint density at radius 2 is 1.70 bits per heavy atom. The normalized spacial score (nSPS) is 14.9. The Morgan fingerprint density at radius 1 is 1.04 bits per heavy atom. The van der Waals surface area contributed by atoms with E-state index >= 15 is 0 Å². The lowest BCUT2D eigenvalue weighted by Gasteiger charge is -2.16. The largest absolute Gasteiger partial charge is 0.337 e. The van der Waals surface area contributed by atoms with Gasteiger partial charge in [0.15, 0.2) is 5.84 Å². The lowest BCUT2D eigenvalue weighted by atomic mass is 10.1. The maximum absolute atomic E-state index is 4.74. The lowest BCUT2D eigenvalue weighted by Crippen LogP contribution is -2.26. The first kappa shape index (κ1) is 25.0. The molecule has 1 N–H and O–H groups in total. The maximum Gasteiger partial charge on any atom is 0.151 e. The Hall–Kier alpha value is -1.97. The van der Waals surface area contributed by atoms with E-state index in [0.29, 0.717) is 5.92 Å². The second-order valence-corrected chi connectivity index (χ2v) is 6.89. The highest BCUT2D eigenvalue weighted by atomic mass is 15.0. The number of unbranched alkanes of at least 4 members (excludes halogenated alkanes) is 2. The molecule has 0 rings (SSSR count). The first-order chi connectivity index (χ1) is 12.9. The SMILES string of the molecule is C/C=C(N=CCCC)/C(=C\CCC)NC(=NC)C(N=CC(C)CC)=C(C)C. The third kappa shape index (κ3) is 10.1. The minimum absolute atomic E-state index is 0.442. The van der Waals surface area contributed by atoms with Crippen molar-refractivity contribution in [3.05, 3.63) is 34.8 Å². The zero-order valence-corrected chi connectivity index (χ0v) is 18.8. The van der Waals surface area contributed by atoms with E-state index in [1.54, 1.807) is 7.05 Å². The Balaban J connectivity index is 5.76. The summed E-state index contributed by atoms with van der Waals surface area (Å²) in [6.07, 6.45) is 13.5. The number of rotatable bonds is 11. The van der Waals surface area contributed by atoms with Crippen molar-refractivity contribution in [2.24, 2.45) is 20.9 Å². The van der Waals surface area contributed by atoms with Gasteiger partial charge in [0.25, 0.3) is 0 Å². The van der Waals surface area contributed by atoms with Crippen molar-refractivity contribution in [2.45, 2.75) is 80.6 Å². The highest BCUT2D eigenvalue weighted by molar-refractivity contribution is 6.01. The summed E-state index contributed by atoms with van der Waals surface area (Å²) in [5, 5.41) is 3.50. The summed E-state index contributed by atoms with van der Waals surface area (Å²) in [6.45, 7) is 14.8. The molecule has 27 heavy (non-hydrogen) atoms. The smallest absolute Gasteiger partial charge is 0.151 e. The Kier molecular flexibility index (Phi) is 14.0. The van der Waals surface area contributed by atoms with Gasteiger partial charge < -0.3 is 5.32 Å². The van der Waals surface area contributed by atoms with Crippen LogP contribution < -0.4 is 5.32 Å². The Labute approximate surface area is 167 Å². The highest BCUT2D eigenvalue weighted by Gasteiger charge is 2.12. The van der Waals surface area contributed by atoms with E-state index in [0.717, 1.165) is 60.6 Å². The third-order valence-electron chi connectivity index (χ3n) is 4.11. The van der Waals surface area contributed by atoms with Gasteiger partial charge in [-0.15, -0.1) is 0 Å². The molecular formula is C23H40N4. The molecule has 0 bridgehead atoms. The summed E-state index contributed by atoms with van der Waals surface area (Å²) in [5.74, 6) is 1.22. The Bertz CT molecular complexity index is 600. The fourth-order valence-corrected chi connectivity index (χ4v) is 2.18. The van der Waals surface area contributed by atoms with Crippen LogP contribution in [0.3, 0.4) is 0 Å². The average molecular weight is 373 g/mol. The quantitative estimate of drug-likeness (QED) is 0.252. The summed E-state index contributed by atoms with van der Waals surface area (Å²) in [7, 11) is 1.80. The number of nitrogens with one attached hydrogen (secondary N) is 1. The summed E-state index contributed by atoms with van der Waals surface area (Å²) in [5.41, 5.74) is 3.96. The molecule has 0 spiro atoms. The molecule has 0 aromatic carbocycles. The number of nitrogens with zero attached hydrogens (tertiary/aromatic N) is 3. The van der Waals surface area contributed by atoms with E-state index in [2.05, 4.69) is 62.9 Å². The molecule has 0 radical (unpaired) electrons. The molecule has 152 valence electrons. The van der Waals surface area contributed by atoms with Gasteiger partial charge in [-0.05, 0) is 51.5 Å². The molecule has 1 unspecified atom stereocenters. The van der Waals surface area contributed by atoms with Gasteiger partial charge in [-0.3, -0.25) is 15.0 Å². The summed E-state index contributed by atoms with van der Waals surface area (Å²) >= 11 is 0. The topological polar surface area (TPSA) is 49.1 Å². The number of allylic oxidation sites excluding steroid dienone is 3. The molecule has 0 fully saturated rings. The second-order valence-electron chi connectivity index (χ2n) is 6.89. The lowest BCUT2D eigenvalue weighted by molar-refractivity contribution is 0.754. The van der Waals surface area contributed by atoms with Gasteiger partial charge >= 0.3 is 0 Å². The summed E-state index contributed by atoms with van der Waals surface area (Å²) in [6, 6.07) is 0. The van der Waals surface area contributed by atoms with Crippen molar-refractivity contribution < 1.29 is 0 Å². The van der Waals surface area contributed by atoms with Gasteiger partial charge in [-0.2, -0.15) is 0 Å². The molecule has 0 saturated carbocycles. The summed E-state index contributed by atoms with van der Waals surface area (Å²) in [4.78, 5) is 13.9. The Morgan fingerprint density at radius 3 is 2.19 bits per heavy atom. The van der Waals surface area contributed by atoms with E-state index in [1.165, 1.54) is 0 Å². The fraction of sp³-hybridized carbons (Fsp3) is 0.609. The molecule has 4 heteroatoms. The van der Waals surface area contributed by atoms with Crippen LogP contribution >= 0.6 is 0 Å². The number of aliphatic imine (C=N–C) groups is 3. The molecule has 0 aromatic rings. The van der Waals surface area contributed by atoms with Gasteiger partial charge in [-0.25, -0.2) is 0 Å². The first-order valence-electron chi connectivity index (χ1n) is 10.3. The van der Waals surface area contributed by atoms with Gasteiger partial charge in [0.2, 0.25) is 0 Å². The van der Waals surface area contributed by atoms with Crippen molar-refractivity contribution in [3.8, 4) is 0 Å². The number of amidine groups is 1. The predicted octanol–water partition coefficient (Wildman–Crippen LogP) is 6.47. The minimum atomic E-state index is 0.442. The second kappa shape index (κ2) is 15.1. The van der Waals surface area contributed by atoms with E-state index in [-0.39, 0.29) is 0 Å². The molecule has 0 aliphatic carbocycles. The van der Waals surface area contributed by atoms with Gasteiger partial charge in [0.1, 0.15) is 5.70 Å². The van der Waals surface area contributed by atoms with Gasteiger partial charge in [0.05, 0.1) is 11.4 Å². The van der Waals surface area contributed by atoms with Crippen LogP contribution in [-0.2, 0) is 0 Å². The van der Waals surface area contributed by atoms with Crippen LogP contribution in [0.25, 0.3) is 0 Å². The molecular weight excluding hydrogens is 332 g/mol. The maximum atomic E-state index is 4.74. The zero-order chi connectivity index (χ0) is 20.7. The van der Waals surface area contributed by atoms with Crippen LogP contribution in [0.5, 0.6) is 0 Å². The minimum Gasteiger partial charge on any atom is -0.337 e. The van der Waals surface area contributed by atoms with Crippen LogP contribution in [0, 0.1) is 5.92 Å². The average Bonchev–Trinajstić information content (AvgIpc) is 2.66. The van der Waals surface area contributed by atoms with Crippen LogP contribution in [-0.4, -0.2) is 25.3 Å². The van der Waals surface area contributed by atoms with Crippen LogP contribution in [0.1, 0.15) is 80.6 Å². The molecule has 0 amide bonds. The third-order valence-corrected chi connectivity index (χ3v) is 4.11. The van der Waals surface area contributed by atoms with E-state index in [1.807, 2.05) is 25.4 Å². The molecule has 0 heterocycles. The highest BCUT2D eigenvalue weighted by Crippen LogP contribution is 2.15. The van der Waals surface area contributed by atoms with Crippen LogP contribution in [0.2, 0.25) is 0 Å². The van der Waals surface area contributed by atoms with Crippen molar-refractivity contribution in [1.29, 1.82) is 0 Å². The standard InChI is InChI=1S/C23H40N4/c1-9-13-15-21(20(12-4)25-16-14-10-2)27-23(24-8)22(18(5)6)26-17-19(7)11-3/h12,15-17,19H,9-11,13-14H2,1-8H3,(H,24,27)/b20-12-,21-15+,25-16?,26-17?. The van der Waals surface area contributed by atoms with Crippen molar-refractivity contribution in [3.63, 3.8) is 0 Å². The van der Waals surface area contributed by atoms with Crippen molar-refractivity contribution >= 4 is 18.3 Å². The summed E-state index contributed by atoms with van der Waals surface area (Å²) < 4.78 is 0. The molecule has 0 aliphatic rings. The molecule has 1 atom stereocenters. The van der Waals surface area contributed by atoms with Crippen molar-refractivity contribution in [1.82, 2.24) is 5.32 Å². The number of hydrogen-bond acceptors (Lipinski definition) is 3. The molecule has 0 aromatic heterocycles. The van der Waals surface area contributed by atoms with Gasteiger partial charge in [0, 0.05) is 19.5 Å². The predicted molar refractivity (Wildman–Crippen MR) is 123 cm³/mol. The van der Waals surface area contributed by atoms with Crippen molar-refractivity contribution in [2.75, 3.05) is 7.05 Å². The van der Waals surface area contributed by atoms with E-state index in [9.17, 15) is 0 Å². The monoisotopic (exact) mass is 372 g/mol. The van der Waals surface area contributed by atoms with E-state index in [4.69, 9.17) is 4.99 Å². The molecule has 0 saturated heterocycles. The van der Waals surface area contributed by atoms with Gasteiger partial charge in [-0.1, -0.05) is 52.7 Å². The zero-order valence-electron chi connectivity index (χ0n) is 18.8. The van der Waals surface area contributed by atoms with Crippen LogP contribution in [0.4, 0.5) is 0 Å². The molecule has 0 aliphatic heterocycles. The number of hydrogen-bond donors (Lipinski definition) is 1. The van der Waals surface area contributed by atoms with Crippen LogP contribution in [0.15, 0.2) is 49.8 Å².